The van der Waals surface area contributed by atoms with Crippen LogP contribution in [0.1, 0.15) is 12.8 Å². The lowest BCUT2D eigenvalue weighted by atomic mass is 10.3. The first kappa shape index (κ1) is 10.3. The van der Waals surface area contributed by atoms with E-state index in [9.17, 15) is 0 Å². The van der Waals surface area contributed by atoms with Gasteiger partial charge in [-0.05, 0) is 31.5 Å². The van der Waals surface area contributed by atoms with E-state index in [4.69, 9.17) is 17.3 Å². The van der Waals surface area contributed by atoms with Gasteiger partial charge in [-0.15, -0.1) is 0 Å². The SMILES string of the molecule is NCCCCNc1ccc(Cl)cn1. The maximum atomic E-state index is 5.69. The van der Waals surface area contributed by atoms with Crippen molar-refractivity contribution in [1.29, 1.82) is 0 Å². The van der Waals surface area contributed by atoms with E-state index in [1.54, 1.807) is 6.20 Å². The molecule has 0 aliphatic rings. The van der Waals surface area contributed by atoms with Crippen LogP contribution in [0.25, 0.3) is 0 Å². The van der Waals surface area contributed by atoms with Crippen LogP contribution >= 0.6 is 11.6 Å². The molecule has 1 heterocycles. The number of nitrogens with one attached hydrogen (secondary N) is 1. The van der Waals surface area contributed by atoms with Gasteiger partial charge in [-0.1, -0.05) is 11.6 Å². The number of rotatable bonds is 5. The first-order valence-corrected chi connectivity index (χ1v) is 4.76. The summed E-state index contributed by atoms with van der Waals surface area (Å²) in [4.78, 5) is 4.10. The third-order valence-electron chi connectivity index (χ3n) is 1.66. The number of pyridine rings is 1. The molecule has 0 radical (unpaired) electrons. The molecule has 0 bridgehead atoms. The van der Waals surface area contributed by atoms with Crippen molar-refractivity contribution >= 4 is 17.4 Å². The highest BCUT2D eigenvalue weighted by atomic mass is 35.5. The Bertz CT molecular complexity index is 235. The third-order valence-corrected chi connectivity index (χ3v) is 1.89. The molecule has 0 amide bonds. The van der Waals surface area contributed by atoms with Gasteiger partial charge in [0.2, 0.25) is 0 Å². The van der Waals surface area contributed by atoms with E-state index >= 15 is 0 Å². The lowest BCUT2D eigenvalue weighted by molar-refractivity contribution is 0.772. The summed E-state index contributed by atoms with van der Waals surface area (Å²) < 4.78 is 0. The topological polar surface area (TPSA) is 50.9 Å². The highest BCUT2D eigenvalue weighted by molar-refractivity contribution is 6.30. The summed E-state index contributed by atoms with van der Waals surface area (Å²) >= 11 is 5.69. The molecule has 3 nitrogen and oxygen atoms in total. The van der Waals surface area contributed by atoms with E-state index in [1.807, 2.05) is 12.1 Å². The second-order valence-corrected chi connectivity index (χ2v) is 3.22. The molecule has 3 N–H and O–H groups in total. The lowest BCUT2D eigenvalue weighted by Gasteiger charge is -2.03. The maximum absolute atomic E-state index is 5.69. The average Bonchev–Trinajstić information content (AvgIpc) is 2.15. The van der Waals surface area contributed by atoms with Gasteiger partial charge < -0.3 is 11.1 Å². The van der Waals surface area contributed by atoms with Gasteiger partial charge >= 0.3 is 0 Å². The molecule has 0 unspecified atom stereocenters. The smallest absolute Gasteiger partial charge is 0.125 e. The van der Waals surface area contributed by atoms with E-state index < -0.39 is 0 Å². The molecule has 0 saturated carbocycles. The fourth-order valence-corrected chi connectivity index (χ4v) is 1.08. The molecule has 0 aromatic carbocycles. The Kier molecular flexibility index (Phi) is 4.57. The maximum Gasteiger partial charge on any atom is 0.125 e. The Morgan fingerprint density at radius 1 is 1.38 bits per heavy atom. The average molecular weight is 200 g/mol. The Morgan fingerprint density at radius 3 is 2.85 bits per heavy atom. The molecule has 1 aromatic heterocycles. The Morgan fingerprint density at radius 2 is 2.23 bits per heavy atom. The molecule has 13 heavy (non-hydrogen) atoms. The van der Waals surface area contributed by atoms with Gasteiger partial charge in [0.1, 0.15) is 5.82 Å². The molecule has 72 valence electrons. The highest BCUT2D eigenvalue weighted by Gasteiger charge is 1.92. The normalized spacial score (nSPS) is 10.0. The van der Waals surface area contributed by atoms with Crippen molar-refractivity contribution in [2.24, 2.45) is 5.73 Å². The molecule has 4 heteroatoms. The first-order valence-electron chi connectivity index (χ1n) is 4.38. The van der Waals surface area contributed by atoms with Gasteiger partial charge in [0.05, 0.1) is 5.02 Å². The molecule has 1 aromatic rings. The summed E-state index contributed by atoms with van der Waals surface area (Å²) in [6.07, 6.45) is 3.74. The van der Waals surface area contributed by atoms with Gasteiger partial charge in [0.15, 0.2) is 0 Å². The van der Waals surface area contributed by atoms with Crippen molar-refractivity contribution in [2.45, 2.75) is 12.8 Å². The number of aromatic nitrogens is 1. The number of nitrogens with zero attached hydrogens (tertiary/aromatic N) is 1. The summed E-state index contributed by atoms with van der Waals surface area (Å²) in [5, 5.41) is 3.84. The Balaban J connectivity index is 2.25. The van der Waals surface area contributed by atoms with Crippen LogP contribution in [0.15, 0.2) is 18.3 Å². The van der Waals surface area contributed by atoms with E-state index in [-0.39, 0.29) is 0 Å². The summed E-state index contributed by atoms with van der Waals surface area (Å²) in [7, 11) is 0. The highest BCUT2D eigenvalue weighted by Crippen LogP contribution is 2.09. The standard InChI is InChI=1S/C9H14ClN3/c10-8-3-4-9(13-7-8)12-6-2-1-5-11/h3-4,7H,1-2,5-6,11H2,(H,12,13). The van der Waals surface area contributed by atoms with Crippen LogP contribution in [0.5, 0.6) is 0 Å². The minimum Gasteiger partial charge on any atom is -0.370 e. The van der Waals surface area contributed by atoms with Gasteiger partial charge in [0, 0.05) is 12.7 Å². The van der Waals surface area contributed by atoms with Crippen LogP contribution in [-0.4, -0.2) is 18.1 Å². The van der Waals surface area contributed by atoms with Gasteiger partial charge in [-0.3, -0.25) is 0 Å². The van der Waals surface area contributed by atoms with Gasteiger partial charge in [0.25, 0.3) is 0 Å². The fourth-order valence-electron chi connectivity index (χ4n) is 0.966. The first-order chi connectivity index (χ1) is 6.33. The number of unbranched alkanes of at least 4 members (excludes halogenated alkanes) is 1. The zero-order chi connectivity index (χ0) is 9.52. The summed E-state index contributed by atoms with van der Waals surface area (Å²) in [6.45, 7) is 1.65. The third kappa shape index (κ3) is 4.10. The van der Waals surface area contributed by atoms with Crippen molar-refractivity contribution < 1.29 is 0 Å². The van der Waals surface area contributed by atoms with E-state index in [2.05, 4.69) is 10.3 Å². The van der Waals surface area contributed by atoms with Gasteiger partial charge in [-0.2, -0.15) is 0 Å². The molecule has 1 rings (SSSR count). The molecule has 0 spiro atoms. The number of anilines is 1. The molecule has 0 fully saturated rings. The predicted molar refractivity (Wildman–Crippen MR) is 56.0 cm³/mol. The van der Waals surface area contributed by atoms with Crippen LogP contribution in [0.4, 0.5) is 5.82 Å². The summed E-state index contributed by atoms with van der Waals surface area (Å²) in [5.74, 6) is 0.862. The second-order valence-electron chi connectivity index (χ2n) is 2.78. The van der Waals surface area contributed by atoms with Crippen molar-refractivity contribution in [3.8, 4) is 0 Å². The zero-order valence-electron chi connectivity index (χ0n) is 7.46. The van der Waals surface area contributed by atoms with Crippen molar-refractivity contribution in [3.05, 3.63) is 23.4 Å². The molecule has 0 aliphatic heterocycles. The van der Waals surface area contributed by atoms with Gasteiger partial charge in [-0.25, -0.2) is 4.98 Å². The van der Waals surface area contributed by atoms with Crippen molar-refractivity contribution in [1.82, 2.24) is 4.98 Å². The quantitative estimate of drug-likeness (QED) is 0.713. The molecule has 0 saturated heterocycles. The van der Waals surface area contributed by atoms with Crippen LogP contribution in [0, 0.1) is 0 Å². The van der Waals surface area contributed by atoms with Crippen LogP contribution in [0.3, 0.4) is 0 Å². The number of hydrogen-bond acceptors (Lipinski definition) is 3. The zero-order valence-corrected chi connectivity index (χ0v) is 8.22. The lowest BCUT2D eigenvalue weighted by Crippen LogP contribution is -2.06. The number of nitrogens with two attached hydrogens (primary N) is 1. The fraction of sp³-hybridized carbons (Fsp3) is 0.444. The second kappa shape index (κ2) is 5.78. The van der Waals surface area contributed by atoms with Crippen LogP contribution < -0.4 is 11.1 Å². The number of hydrogen-bond donors (Lipinski definition) is 2. The Hall–Kier alpha value is -0.800. The van der Waals surface area contributed by atoms with Crippen LogP contribution in [-0.2, 0) is 0 Å². The summed E-state index contributed by atoms with van der Waals surface area (Å²) in [6, 6.07) is 3.69. The van der Waals surface area contributed by atoms with Crippen molar-refractivity contribution in [3.63, 3.8) is 0 Å². The minimum atomic E-state index is 0.660. The molecular formula is C9H14ClN3. The van der Waals surface area contributed by atoms with E-state index in [1.165, 1.54) is 0 Å². The monoisotopic (exact) mass is 199 g/mol. The van der Waals surface area contributed by atoms with Crippen LogP contribution in [0.2, 0.25) is 5.02 Å². The van der Waals surface area contributed by atoms with E-state index in [0.29, 0.717) is 5.02 Å². The molecule has 0 atom stereocenters. The Labute approximate surface area is 83.3 Å². The molecular weight excluding hydrogens is 186 g/mol. The molecule has 0 aliphatic carbocycles. The summed E-state index contributed by atoms with van der Waals surface area (Å²) in [5.41, 5.74) is 5.37. The van der Waals surface area contributed by atoms with E-state index in [0.717, 1.165) is 31.7 Å². The number of halogens is 1. The predicted octanol–water partition coefficient (Wildman–Crippen LogP) is 1.89. The largest absolute Gasteiger partial charge is 0.370 e. The van der Waals surface area contributed by atoms with Crippen molar-refractivity contribution in [2.75, 3.05) is 18.4 Å². The minimum absolute atomic E-state index is 0.660.